The number of hydrogen-bond acceptors (Lipinski definition) is 3. The molecule has 1 amide bonds. The first-order valence-electron chi connectivity index (χ1n) is 7.63. The number of halogens is 3. The summed E-state index contributed by atoms with van der Waals surface area (Å²) in [4.78, 5) is 13.9. The molecule has 0 saturated heterocycles. The number of nitrogens with one attached hydrogen (secondary N) is 1. The number of alkyl halides is 2. The van der Waals surface area contributed by atoms with Crippen LogP contribution in [0.25, 0.3) is 0 Å². The lowest BCUT2D eigenvalue weighted by atomic mass is 10.1. The van der Waals surface area contributed by atoms with Crippen LogP contribution in [-0.2, 0) is 11.3 Å². The predicted molar refractivity (Wildman–Crippen MR) is 94.2 cm³/mol. The second kappa shape index (κ2) is 8.67. The van der Waals surface area contributed by atoms with Crippen molar-refractivity contribution < 1.29 is 18.3 Å². The van der Waals surface area contributed by atoms with E-state index in [0.717, 1.165) is 11.1 Å². The highest BCUT2D eigenvalue weighted by molar-refractivity contribution is 6.32. The van der Waals surface area contributed by atoms with E-state index in [9.17, 15) is 13.6 Å². The van der Waals surface area contributed by atoms with E-state index in [1.807, 2.05) is 31.2 Å². The van der Waals surface area contributed by atoms with Crippen molar-refractivity contribution in [1.29, 1.82) is 0 Å². The van der Waals surface area contributed by atoms with Crippen LogP contribution in [0.1, 0.15) is 11.1 Å². The Morgan fingerprint density at radius 3 is 2.64 bits per heavy atom. The van der Waals surface area contributed by atoms with E-state index in [4.69, 9.17) is 11.6 Å². The molecule has 0 aliphatic carbocycles. The molecule has 0 aromatic heterocycles. The number of likely N-dealkylation sites (N-methyl/N-ethyl adjacent to an activating group) is 1. The van der Waals surface area contributed by atoms with Crippen molar-refractivity contribution in [3.8, 4) is 5.75 Å². The molecule has 0 bridgehead atoms. The maximum Gasteiger partial charge on any atom is 0.387 e. The molecule has 0 radical (unpaired) electrons. The van der Waals surface area contributed by atoms with Gasteiger partial charge >= 0.3 is 6.61 Å². The largest absolute Gasteiger partial charge is 0.433 e. The number of carbonyl (C=O) groups is 1. The third-order valence-electron chi connectivity index (χ3n) is 3.69. The maximum atomic E-state index is 12.2. The standard InChI is InChI=1S/C18H19ClF2N2O2/c1-12-5-3-4-6-13(12)11-23(2)17(24)10-22-14-7-8-16(15(19)9-14)25-18(20)21/h3-9,18,22H,10-11H2,1-2H3. The third kappa shape index (κ3) is 5.60. The van der Waals surface area contributed by atoms with Crippen LogP contribution in [0.3, 0.4) is 0 Å². The van der Waals surface area contributed by atoms with Crippen LogP contribution in [0, 0.1) is 6.92 Å². The molecule has 2 aromatic rings. The fraction of sp³-hybridized carbons (Fsp3) is 0.278. The fourth-order valence-electron chi connectivity index (χ4n) is 2.25. The van der Waals surface area contributed by atoms with Gasteiger partial charge in [-0.1, -0.05) is 35.9 Å². The minimum atomic E-state index is -2.94. The Morgan fingerprint density at radius 1 is 1.28 bits per heavy atom. The van der Waals surface area contributed by atoms with Crippen molar-refractivity contribution in [1.82, 2.24) is 4.90 Å². The number of hydrogen-bond donors (Lipinski definition) is 1. The quantitative estimate of drug-likeness (QED) is 0.791. The number of benzene rings is 2. The summed E-state index contributed by atoms with van der Waals surface area (Å²) in [7, 11) is 1.73. The lowest BCUT2D eigenvalue weighted by molar-refractivity contribution is -0.128. The van der Waals surface area contributed by atoms with E-state index in [2.05, 4.69) is 10.1 Å². The summed E-state index contributed by atoms with van der Waals surface area (Å²) in [5.74, 6) is -0.211. The van der Waals surface area contributed by atoms with Gasteiger partial charge in [0, 0.05) is 19.3 Å². The molecule has 0 spiro atoms. The molecule has 25 heavy (non-hydrogen) atoms. The highest BCUT2D eigenvalue weighted by Gasteiger charge is 2.12. The van der Waals surface area contributed by atoms with Gasteiger partial charge in [-0.3, -0.25) is 4.79 Å². The molecular weight excluding hydrogens is 350 g/mol. The summed E-state index contributed by atoms with van der Waals surface area (Å²) in [6, 6.07) is 12.2. The molecule has 0 saturated carbocycles. The van der Waals surface area contributed by atoms with Gasteiger partial charge in [-0.15, -0.1) is 0 Å². The van der Waals surface area contributed by atoms with E-state index in [0.29, 0.717) is 12.2 Å². The summed E-state index contributed by atoms with van der Waals surface area (Å²) in [5, 5.41) is 2.98. The zero-order valence-corrected chi connectivity index (χ0v) is 14.7. The van der Waals surface area contributed by atoms with Crippen molar-refractivity contribution >= 4 is 23.2 Å². The normalized spacial score (nSPS) is 10.6. The molecule has 0 heterocycles. The minimum absolute atomic E-state index is 0.0472. The highest BCUT2D eigenvalue weighted by Crippen LogP contribution is 2.28. The van der Waals surface area contributed by atoms with Gasteiger partial charge in [-0.2, -0.15) is 8.78 Å². The smallest absolute Gasteiger partial charge is 0.387 e. The molecule has 2 rings (SSSR count). The SMILES string of the molecule is Cc1ccccc1CN(C)C(=O)CNc1ccc(OC(F)F)c(Cl)c1. The van der Waals surface area contributed by atoms with Crippen molar-refractivity contribution in [3.63, 3.8) is 0 Å². The van der Waals surface area contributed by atoms with Crippen molar-refractivity contribution in [2.45, 2.75) is 20.1 Å². The Morgan fingerprint density at radius 2 is 2.00 bits per heavy atom. The first-order valence-corrected chi connectivity index (χ1v) is 8.01. The number of aryl methyl sites for hydroxylation is 1. The summed E-state index contributed by atoms with van der Waals surface area (Å²) >= 11 is 5.88. The van der Waals surface area contributed by atoms with Gasteiger partial charge < -0.3 is 15.0 Å². The van der Waals surface area contributed by atoms with Gasteiger partial charge in [-0.05, 0) is 36.2 Å². The Labute approximate surface area is 150 Å². The molecule has 2 aromatic carbocycles. The van der Waals surface area contributed by atoms with Crippen molar-refractivity contribution in [3.05, 3.63) is 58.6 Å². The van der Waals surface area contributed by atoms with Gasteiger partial charge in [-0.25, -0.2) is 0 Å². The summed E-state index contributed by atoms with van der Waals surface area (Å²) < 4.78 is 28.7. The molecule has 4 nitrogen and oxygen atoms in total. The average molecular weight is 369 g/mol. The van der Waals surface area contributed by atoms with Crippen LogP contribution in [0.2, 0.25) is 5.02 Å². The summed E-state index contributed by atoms with van der Waals surface area (Å²) in [5.41, 5.74) is 2.75. The monoisotopic (exact) mass is 368 g/mol. The zero-order valence-electron chi connectivity index (χ0n) is 13.9. The molecule has 134 valence electrons. The van der Waals surface area contributed by atoms with E-state index in [-0.39, 0.29) is 23.2 Å². The van der Waals surface area contributed by atoms with E-state index < -0.39 is 6.61 Å². The minimum Gasteiger partial charge on any atom is -0.433 e. The average Bonchev–Trinajstić information content (AvgIpc) is 2.56. The van der Waals surface area contributed by atoms with Gasteiger partial charge in [0.15, 0.2) is 0 Å². The van der Waals surface area contributed by atoms with Crippen LogP contribution >= 0.6 is 11.6 Å². The van der Waals surface area contributed by atoms with Crippen LogP contribution in [0.4, 0.5) is 14.5 Å². The Balaban J connectivity index is 1.91. The molecule has 0 aliphatic heterocycles. The second-order valence-corrected chi connectivity index (χ2v) is 5.96. The van der Waals surface area contributed by atoms with Crippen LogP contribution < -0.4 is 10.1 Å². The van der Waals surface area contributed by atoms with Crippen molar-refractivity contribution in [2.24, 2.45) is 0 Å². The lowest BCUT2D eigenvalue weighted by Gasteiger charge is -2.19. The van der Waals surface area contributed by atoms with E-state index in [1.165, 1.54) is 18.2 Å². The van der Waals surface area contributed by atoms with Gasteiger partial charge in [0.2, 0.25) is 5.91 Å². The number of rotatable bonds is 7. The number of ether oxygens (including phenoxy) is 1. The Bertz CT molecular complexity index is 741. The molecular formula is C18H19ClF2N2O2. The zero-order chi connectivity index (χ0) is 18.4. The summed E-state index contributed by atoms with van der Waals surface area (Å²) in [6.45, 7) is -0.368. The molecule has 0 atom stereocenters. The van der Waals surface area contributed by atoms with E-state index in [1.54, 1.807) is 11.9 Å². The number of amides is 1. The van der Waals surface area contributed by atoms with Crippen LogP contribution in [-0.4, -0.2) is 31.0 Å². The molecule has 0 aliphatic rings. The van der Waals surface area contributed by atoms with Gasteiger partial charge in [0.05, 0.1) is 11.6 Å². The van der Waals surface area contributed by atoms with Gasteiger partial charge in [0.25, 0.3) is 0 Å². The maximum absolute atomic E-state index is 12.2. The fourth-order valence-corrected chi connectivity index (χ4v) is 2.47. The first-order chi connectivity index (χ1) is 11.9. The molecule has 7 heteroatoms. The lowest BCUT2D eigenvalue weighted by Crippen LogP contribution is -2.32. The highest BCUT2D eigenvalue weighted by atomic mass is 35.5. The number of nitrogens with zero attached hydrogens (tertiary/aromatic N) is 1. The van der Waals surface area contributed by atoms with E-state index >= 15 is 0 Å². The topological polar surface area (TPSA) is 41.6 Å². The Kier molecular flexibility index (Phi) is 6.58. The predicted octanol–water partition coefficient (Wildman–Crippen LogP) is 4.32. The first kappa shape index (κ1) is 19.0. The van der Waals surface area contributed by atoms with Crippen molar-refractivity contribution in [2.75, 3.05) is 18.9 Å². The molecule has 1 N–H and O–H groups in total. The van der Waals surface area contributed by atoms with Crippen LogP contribution in [0.5, 0.6) is 5.75 Å². The second-order valence-electron chi connectivity index (χ2n) is 5.55. The number of carbonyl (C=O) groups excluding carboxylic acids is 1. The van der Waals surface area contributed by atoms with Crippen LogP contribution in [0.15, 0.2) is 42.5 Å². The van der Waals surface area contributed by atoms with Gasteiger partial charge in [0.1, 0.15) is 5.75 Å². The summed E-state index contributed by atoms with van der Waals surface area (Å²) in [6.07, 6.45) is 0. The Hall–Kier alpha value is -2.34. The number of anilines is 1. The molecule has 0 fully saturated rings. The molecule has 0 unspecified atom stereocenters. The third-order valence-corrected chi connectivity index (χ3v) is 3.98.